The average Bonchev–Trinajstić information content (AvgIpc) is 2.09. The zero-order chi connectivity index (χ0) is 10.7. The van der Waals surface area contributed by atoms with Gasteiger partial charge in [-0.1, -0.05) is 0 Å². The van der Waals surface area contributed by atoms with E-state index in [0.29, 0.717) is 0 Å². The van der Waals surface area contributed by atoms with E-state index in [0.717, 1.165) is 21.5 Å². The van der Waals surface area contributed by atoms with Gasteiger partial charge in [-0.2, -0.15) is 0 Å². The van der Waals surface area contributed by atoms with Gasteiger partial charge in [-0.25, -0.2) is 4.99 Å². The van der Waals surface area contributed by atoms with Gasteiger partial charge < -0.3 is 4.90 Å². The first-order valence-corrected chi connectivity index (χ1v) is 5.14. The smallest absolute Gasteiger partial charge is 0.0907 e. The topological polar surface area (TPSA) is 28.5 Å². The van der Waals surface area contributed by atoms with E-state index in [4.69, 9.17) is 0 Å². The lowest BCUT2D eigenvalue weighted by Crippen LogP contribution is -2.07. The first-order valence-electron chi connectivity index (χ1n) is 4.35. The van der Waals surface area contributed by atoms with Gasteiger partial charge in [-0.3, -0.25) is 4.98 Å². The minimum absolute atomic E-state index is 0.899. The van der Waals surface area contributed by atoms with Gasteiger partial charge in [-0.15, -0.1) is 0 Å². The summed E-state index contributed by atoms with van der Waals surface area (Å²) in [4.78, 5) is 10.6. The molecule has 0 saturated carbocycles. The molecule has 3 nitrogen and oxygen atoms in total. The third-order valence-corrected chi connectivity index (χ3v) is 2.55. The lowest BCUT2D eigenvalue weighted by atomic mass is 10.3. The van der Waals surface area contributed by atoms with Crippen LogP contribution in [0.15, 0.2) is 15.5 Å². The number of hydrogen-bond donors (Lipinski definition) is 0. The summed E-state index contributed by atoms with van der Waals surface area (Å²) < 4.78 is 0.994. The molecule has 0 aliphatic carbocycles. The Labute approximate surface area is 93.0 Å². The van der Waals surface area contributed by atoms with Crippen molar-refractivity contribution >= 4 is 28.0 Å². The molecule has 0 spiro atoms. The highest BCUT2D eigenvalue weighted by Gasteiger charge is 2.02. The van der Waals surface area contributed by atoms with Gasteiger partial charge in [0, 0.05) is 18.6 Å². The largest absolute Gasteiger partial charge is 0.369 e. The first-order chi connectivity index (χ1) is 6.50. The zero-order valence-electron chi connectivity index (χ0n) is 8.87. The van der Waals surface area contributed by atoms with Gasteiger partial charge in [0.15, 0.2) is 0 Å². The molecule has 0 saturated heterocycles. The van der Waals surface area contributed by atoms with Crippen molar-refractivity contribution in [3.63, 3.8) is 0 Å². The highest BCUT2D eigenvalue weighted by molar-refractivity contribution is 9.10. The number of pyridine rings is 1. The fourth-order valence-electron chi connectivity index (χ4n) is 1.000. The summed E-state index contributed by atoms with van der Waals surface area (Å²) in [5, 5.41) is 0. The van der Waals surface area contributed by atoms with Crippen molar-refractivity contribution in [3.8, 4) is 0 Å². The molecule has 1 aromatic heterocycles. The van der Waals surface area contributed by atoms with Crippen LogP contribution in [0.1, 0.15) is 11.4 Å². The van der Waals surface area contributed by atoms with Crippen molar-refractivity contribution in [2.24, 2.45) is 4.99 Å². The van der Waals surface area contributed by atoms with E-state index < -0.39 is 0 Å². The number of aliphatic imine (C=N–C) groups is 1. The molecular weight excluding hydrogens is 242 g/mol. The highest BCUT2D eigenvalue weighted by atomic mass is 79.9. The molecule has 0 unspecified atom stereocenters. The van der Waals surface area contributed by atoms with Crippen LogP contribution in [-0.2, 0) is 0 Å². The Hall–Kier alpha value is -0.900. The predicted molar refractivity (Wildman–Crippen MR) is 63.3 cm³/mol. The van der Waals surface area contributed by atoms with Crippen molar-refractivity contribution in [3.05, 3.63) is 21.9 Å². The number of aryl methyl sites for hydroxylation is 2. The molecule has 0 radical (unpaired) electrons. The molecule has 0 fully saturated rings. The van der Waals surface area contributed by atoms with Gasteiger partial charge >= 0.3 is 0 Å². The van der Waals surface area contributed by atoms with Crippen molar-refractivity contribution in [1.82, 2.24) is 9.88 Å². The quantitative estimate of drug-likeness (QED) is 0.601. The number of halogens is 1. The fourth-order valence-corrected chi connectivity index (χ4v) is 1.31. The Bertz CT molecular complexity index is 359. The standard InChI is InChI=1S/C10H14BrN3/c1-7-9(11)5-10(8(2)13-7)12-6-14(3)4/h5-6H,1-4H3. The summed E-state index contributed by atoms with van der Waals surface area (Å²) in [6.07, 6.45) is 1.77. The highest BCUT2D eigenvalue weighted by Crippen LogP contribution is 2.23. The Morgan fingerprint density at radius 2 is 2.00 bits per heavy atom. The molecule has 0 amide bonds. The third kappa shape index (κ3) is 2.80. The summed E-state index contributed by atoms with van der Waals surface area (Å²) in [6.45, 7) is 3.93. The van der Waals surface area contributed by atoms with Crippen molar-refractivity contribution in [2.75, 3.05) is 14.1 Å². The summed E-state index contributed by atoms with van der Waals surface area (Å²) in [5.74, 6) is 0. The molecule has 0 aliphatic rings. The van der Waals surface area contributed by atoms with Crippen LogP contribution >= 0.6 is 15.9 Å². The molecule has 0 N–H and O–H groups in total. The van der Waals surface area contributed by atoms with Crippen LogP contribution in [0.25, 0.3) is 0 Å². The molecule has 4 heteroatoms. The fraction of sp³-hybridized carbons (Fsp3) is 0.400. The van der Waals surface area contributed by atoms with Gasteiger partial charge in [0.25, 0.3) is 0 Å². The van der Waals surface area contributed by atoms with Gasteiger partial charge in [0.2, 0.25) is 0 Å². The number of hydrogen-bond acceptors (Lipinski definition) is 2. The van der Waals surface area contributed by atoms with E-state index in [1.54, 1.807) is 6.34 Å². The maximum Gasteiger partial charge on any atom is 0.0907 e. The van der Waals surface area contributed by atoms with Crippen LogP contribution in [0, 0.1) is 13.8 Å². The second kappa shape index (κ2) is 4.55. The molecular formula is C10H14BrN3. The molecule has 1 aromatic rings. The predicted octanol–water partition coefficient (Wildman–Crippen LogP) is 2.68. The molecule has 14 heavy (non-hydrogen) atoms. The minimum atomic E-state index is 0.899. The van der Waals surface area contributed by atoms with Crippen molar-refractivity contribution < 1.29 is 0 Å². The van der Waals surface area contributed by atoms with Crippen LogP contribution in [0.2, 0.25) is 0 Å². The van der Waals surface area contributed by atoms with E-state index in [9.17, 15) is 0 Å². The normalized spacial score (nSPS) is 10.9. The van der Waals surface area contributed by atoms with Gasteiger partial charge in [0.1, 0.15) is 0 Å². The molecule has 1 heterocycles. The van der Waals surface area contributed by atoms with Crippen molar-refractivity contribution in [2.45, 2.75) is 13.8 Å². The number of rotatable bonds is 2. The molecule has 0 aliphatic heterocycles. The van der Waals surface area contributed by atoms with E-state index >= 15 is 0 Å². The molecule has 0 aromatic carbocycles. The SMILES string of the molecule is Cc1nc(C)c(N=CN(C)C)cc1Br. The first kappa shape index (κ1) is 11.2. The second-order valence-electron chi connectivity index (χ2n) is 3.37. The Balaban J connectivity index is 3.04. The maximum atomic E-state index is 4.37. The van der Waals surface area contributed by atoms with Crippen LogP contribution in [0.4, 0.5) is 5.69 Å². The summed E-state index contributed by atoms with van der Waals surface area (Å²) in [7, 11) is 3.88. The lowest BCUT2D eigenvalue weighted by molar-refractivity contribution is 0.643. The Morgan fingerprint density at radius 3 is 2.57 bits per heavy atom. The van der Waals surface area contributed by atoms with Gasteiger partial charge in [0.05, 0.1) is 23.4 Å². The Morgan fingerprint density at radius 1 is 1.36 bits per heavy atom. The minimum Gasteiger partial charge on any atom is -0.369 e. The monoisotopic (exact) mass is 255 g/mol. The molecule has 0 bridgehead atoms. The summed E-state index contributed by atoms with van der Waals surface area (Å²) >= 11 is 3.44. The summed E-state index contributed by atoms with van der Waals surface area (Å²) in [6, 6.07) is 1.98. The van der Waals surface area contributed by atoms with E-state index in [-0.39, 0.29) is 0 Å². The van der Waals surface area contributed by atoms with Crippen LogP contribution in [-0.4, -0.2) is 30.3 Å². The average molecular weight is 256 g/mol. The number of aromatic nitrogens is 1. The van der Waals surface area contributed by atoms with Crippen LogP contribution in [0.3, 0.4) is 0 Å². The molecule has 76 valence electrons. The van der Waals surface area contributed by atoms with Crippen LogP contribution < -0.4 is 0 Å². The summed E-state index contributed by atoms with van der Waals surface area (Å²) in [5.41, 5.74) is 2.84. The molecule has 0 atom stereocenters. The van der Waals surface area contributed by atoms with Crippen LogP contribution in [0.5, 0.6) is 0 Å². The second-order valence-corrected chi connectivity index (χ2v) is 4.22. The van der Waals surface area contributed by atoms with E-state index in [2.05, 4.69) is 25.9 Å². The Kier molecular flexibility index (Phi) is 3.63. The lowest BCUT2D eigenvalue weighted by Gasteiger charge is -2.05. The van der Waals surface area contributed by atoms with Crippen molar-refractivity contribution in [1.29, 1.82) is 0 Å². The van der Waals surface area contributed by atoms with Gasteiger partial charge in [-0.05, 0) is 35.8 Å². The van der Waals surface area contributed by atoms with E-state index in [1.807, 2.05) is 38.9 Å². The zero-order valence-corrected chi connectivity index (χ0v) is 10.5. The maximum absolute atomic E-state index is 4.37. The number of nitrogens with zero attached hydrogens (tertiary/aromatic N) is 3. The molecule has 1 rings (SSSR count). The van der Waals surface area contributed by atoms with E-state index in [1.165, 1.54) is 0 Å². The third-order valence-electron chi connectivity index (χ3n) is 1.74.